The molecule has 12 heteroatoms. The van der Waals surface area contributed by atoms with Crippen molar-refractivity contribution in [3.63, 3.8) is 0 Å². The normalized spacial score (nSPS) is 22.4. The van der Waals surface area contributed by atoms with Crippen LogP contribution in [-0.2, 0) is 10.9 Å². The highest BCUT2D eigenvalue weighted by Gasteiger charge is 2.37. The number of carbonyl (C=O) groups excluding carboxylic acids is 1. The quantitative estimate of drug-likeness (QED) is 0.708. The number of piperazine rings is 1. The minimum absolute atomic E-state index is 0.0210. The summed E-state index contributed by atoms with van der Waals surface area (Å²) in [5, 5.41) is 5.56. The number of rotatable bonds is 3. The SMILES string of the molecule is CC(F)[C@H]1OC(=O)Nc2ncnc(-c3cc(C(F)(F)F)cc(N4CCN[C@@H](C)C4)n3)c21. The molecule has 2 aromatic heterocycles. The molecule has 1 fully saturated rings. The monoisotopic (exact) mass is 440 g/mol. The number of aromatic nitrogens is 3. The van der Waals surface area contributed by atoms with Crippen LogP contribution < -0.4 is 15.5 Å². The Morgan fingerprint density at radius 2 is 2.06 bits per heavy atom. The third-order valence-corrected chi connectivity index (χ3v) is 5.11. The zero-order valence-corrected chi connectivity index (χ0v) is 16.7. The van der Waals surface area contributed by atoms with Gasteiger partial charge in [-0.25, -0.2) is 24.1 Å². The van der Waals surface area contributed by atoms with Crippen LogP contribution >= 0.6 is 0 Å². The Bertz CT molecular complexity index is 1000. The van der Waals surface area contributed by atoms with Gasteiger partial charge in [-0.3, -0.25) is 5.32 Å². The highest BCUT2D eigenvalue weighted by molar-refractivity contribution is 5.88. The van der Waals surface area contributed by atoms with E-state index in [4.69, 9.17) is 4.74 Å². The minimum atomic E-state index is -4.63. The fourth-order valence-corrected chi connectivity index (χ4v) is 3.70. The molecule has 8 nitrogen and oxygen atoms in total. The number of fused-ring (bicyclic) bond motifs is 1. The summed E-state index contributed by atoms with van der Waals surface area (Å²) >= 11 is 0. The first-order chi connectivity index (χ1) is 14.6. The van der Waals surface area contributed by atoms with E-state index in [2.05, 4.69) is 25.6 Å². The second kappa shape index (κ2) is 7.91. The van der Waals surface area contributed by atoms with Crippen LogP contribution in [0, 0.1) is 0 Å². The van der Waals surface area contributed by atoms with E-state index in [1.165, 1.54) is 6.92 Å². The molecule has 3 atom stereocenters. The maximum atomic E-state index is 14.2. The van der Waals surface area contributed by atoms with Crippen LogP contribution in [0.1, 0.15) is 31.1 Å². The summed E-state index contributed by atoms with van der Waals surface area (Å²) in [5.74, 6) is 0.114. The lowest BCUT2D eigenvalue weighted by Crippen LogP contribution is -2.49. The van der Waals surface area contributed by atoms with Gasteiger partial charge in [0.1, 0.15) is 29.8 Å². The number of carbonyl (C=O) groups is 1. The van der Waals surface area contributed by atoms with E-state index < -0.39 is 30.1 Å². The lowest BCUT2D eigenvalue weighted by molar-refractivity contribution is -0.137. The lowest BCUT2D eigenvalue weighted by atomic mass is 10.0. The molecule has 0 radical (unpaired) electrons. The number of nitrogens with one attached hydrogen (secondary N) is 2. The van der Waals surface area contributed by atoms with Gasteiger partial charge in [-0.05, 0) is 26.0 Å². The maximum absolute atomic E-state index is 14.2. The van der Waals surface area contributed by atoms with Crippen LogP contribution in [0.25, 0.3) is 11.4 Å². The molecule has 31 heavy (non-hydrogen) atoms. The summed E-state index contributed by atoms with van der Waals surface area (Å²) in [6.07, 6.45) is -7.47. The second-order valence-corrected chi connectivity index (χ2v) is 7.51. The van der Waals surface area contributed by atoms with Crippen molar-refractivity contribution in [3.8, 4) is 11.4 Å². The number of hydrogen-bond acceptors (Lipinski definition) is 7. The number of ether oxygens (including phenoxy) is 1. The number of halogens is 4. The lowest BCUT2D eigenvalue weighted by Gasteiger charge is -2.33. The van der Waals surface area contributed by atoms with Gasteiger partial charge in [0.05, 0.1) is 16.8 Å². The zero-order chi connectivity index (χ0) is 22.3. The number of cyclic esters (lactones) is 1. The van der Waals surface area contributed by atoms with Crippen molar-refractivity contribution in [3.05, 3.63) is 29.6 Å². The molecule has 0 spiro atoms. The van der Waals surface area contributed by atoms with Crippen LogP contribution in [0.5, 0.6) is 0 Å². The average molecular weight is 440 g/mol. The molecule has 0 aromatic carbocycles. The van der Waals surface area contributed by atoms with Gasteiger partial charge in [0.2, 0.25) is 0 Å². The summed E-state index contributed by atoms with van der Waals surface area (Å²) in [5.41, 5.74) is -1.00. The van der Waals surface area contributed by atoms with E-state index in [1.54, 1.807) is 4.90 Å². The van der Waals surface area contributed by atoms with Crippen molar-refractivity contribution in [2.24, 2.45) is 0 Å². The van der Waals surface area contributed by atoms with Gasteiger partial charge in [0.25, 0.3) is 0 Å². The molecule has 1 amide bonds. The highest BCUT2D eigenvalue weighted by atomic mass is 19.4. The predicted molar refractivity (Wildman–Crippen MR) is 103 cm³/mol. The van der Waals surface area contributed by atoms with Crippen molar-refractivity contribution in [2.45, 2.75) is 38.3 Å². The third kappa shape index (κ3) is 4.24. The first-order valence-electron chi connectivity index (χ1n) is 9.68. The number of hydrogen-bond donors (Lipinski definition) is 2. The number of anilines is 2. The standard InChI is InChI=1S/C19H20F4N6O2/c1-9-7-29(4-3-24-9)13-6-11(19(21,22)23)5-12(27-13)15-14-16(10(2)20)31-18(30)28-17(14)26-8-25-15/h5-6,8-10,16,24H,3-4,7H2,1-2H3,(H,25,26,28,30)/t9-,10?,16+/m0/s1. The molecule has 0 aliphatic carbocycles. The van der Waals surface area contributed by atoms with Gasteiger partial charge in [-0.1, -0.05) is 0 Å². The fraction of sp³-hybridized carbons (Fsp3) is 0.474. The van der Waals surface area contributed by atoms with Crippen LogP contribution in [0.4, 0.5) is 34.0 Å². The first kappa shape index (κ1) is 21.2. The minimum Gasteiger partial charge on any atom is -0.438 e. The molecule has 4 heterocycles. The summed E-state index contributed by atoms with van der Waals surface area (Å²) < 4.78 is 60.3. The van der Waals surface area contributed by atoms with Crippen LogP contribution in [0.3, 0.4) is 0 Å². The third-order valence-electron chi connectivity index (χ3n) is 5.11. The van der Waals surface area contributed by atoms with Gasteiger partial charge in [0.15, 0.2) is 6.10 Å². The van der Waals surface area contributed by atoms with E-state index >= 15 is 0 Å². The molecule has 2 aromatic rings. The van der Waals surface area contributed by atoms with E-state index in [-0.39, 0.29) is 34.6 Å². The van der Waals surface area contributed by atoms with Crippen LogP contribution in [0.15, 0.2) is 18.5 Å². The van der Waals surface area contributed by atoms with Crippen molar-refractivity contribution in [1.82, 2.24) is 20.3 Å². The van der Waals surface area contributed by atoms with Crippen LogP contribution in [0.2, 0.25) is 0 Å². The molecule has 4 rings (SSSR count). The molecule has 1 unspecified atom stereocenters. The van der Waals surface area contributed by atoms with Crippen molar-refractivity contribution in [1.29, 1.82) is 0 Å². The largest absolute Gasteiger partial charge is 0.438 e. The summed E-state index contributed by atoms with van der Waals surface area (Å²) in [6, 6.07) is 1.91. The molecule has 2 aliphatic rings. The Labute approximate surface area is 175 Å². The molecule has 0 bridgehead atoms. The number of pyridine rings is 1. The Morgan fingerprint density at radius 1 is 1.29 bits per heavy atom. The molecule has 166 valence electrons. The molecule has 2 aliphatic heterocycles. The van der Waals surface area contributed by atoms with E-state index in [0.29, 0.717) is 19.6 Å². The zero-order valence-electron chi connectivity index (χ0n) is 16.7. The number of nitrogens with zero attached hydrogens (tertiary/aromatic N) is 4. The summed E-state index contributed by atoms with van der Waals surface area (Å²) in [7, 11) is 0. The van der Waals surface area contributed by atoms with E-state index in [9.17, 15) is 22.4 Å². The van der Waals surface area contributed by atoms with Gasteiger partial charge >= 0.3 is 12.3 Å². The Hall–Kier alpha value is -3.02. The van der Waals surface area contributed by atoms with Gasteiger partial charge in [-0.15, -0.1) is 0 Å². The van der Waals surface area contributed by atoms with E-state index in [1.807, 2.05) is 6.92 Å². The molecule has 1 saturated heterocycles. The topological polar surface area (TPSA) is 92.3 Å². The van der Waals surface area contributed by atoms with Crippen molar-refractivity contribution < 1.29 is 27.1 Å². The smallest absolute Gasteiger partial charge is 0.416 e. The predicted octanol–water partition coefficient (Wildman–Crippen LogP) is 3.32. The van der Waals surface area contributed by atoms with Gasteiger partial charge < -0.3 is 15.0 Å². The summed E-state index contributed by atoms with van der Waals surface area (Å²) in [4.78, 5) is 25.9. The molecule has 2 N–H and O–H groups in total. The van der Waals surface area contributed by atoms with Crippen molar-refractivity contribution in [2.75, 3.05) is 29.9 Å². The number of amides is 1. The second-order valence-electron chi connectivity index (χ2n) is 7.51. The highest BCUT2D eigenvalue weighted by Crippen LogP contribution is 2.40. The Balaban J connectivity index is 1.88. The Kier molecular flexibility index (Phi) is 5.42. The Morgan fingerprint density at radius 3 is 2.74 bits per heavy atom. The van der Waals surface area contributed by atoms with E-state index in [0.717, 1.165) is 18.5 Å². The molecular weight excluding hydrogens is 420 g/mol. The van der Waals surface area contributed by atoms with Crippen molar-refractivity contribution >= 4 is 17.7 Å². The first-order valence-corrected chi connectivity index (χ1v) is 9.68. The number of alkyl halides is 4. The molecular formula is C19H20F4N6O2. The van der Waals surface area contributed by atoms with Gasteiger partial charge in [0, 0.05) is 25.7 Å². The van der Waals surface area contributed by atoms with Crippen LogP contribution in [-0.4, -0.2) is 52.9 Å². The maximum Gasteiger partial charge on any atom is 0.416 e. The average Bonchev–Trinajstić information content (AvgIpc) is 2.71. The van der Waals surface area contributed by atoms with Gasteiger partial charge in [-0.2, -0.15) is 13.2 Å². The summed E-state index contributed by atoms with van der Waals surface area (Å²) in [6.45, 7) is 4.65. The fourth-order valence-electron chi connectivity index (χ4n) is 3.70. The molecule has 0 saturated carbocycles.